The number of carboxylic acids is 3. The lowest BCUT2D eigenvalue weighted by Gasteiger charge is -2.17. The van der Waals surface area contributed by atoms with E-state index in [1.54, 1.807) is 0 Å². The number of hydrogen-bond acceptors (Lipinski definition) is 10. The summed E-state index contributed by atoms with van der Waals surface area (Å²) in [6.45, 7) is 2.84. The second-order valence-electron chi connectivity index (χ2n) is 4.20. The number of rotatable bonds is 12. The molecule has 0 aromatic heterocycles. The average Bonchev–Trinajstić information content (AvgIpc) is 2.57. The zero-order chi connectivity index (χ0) is 21.0. The lowest BCUT2D eigenvalue weighted by molar-refractivity contribution is -0.190. The molecule has 0 atom stereocenters. The Morgan fingerprint density at radius 3 is 1.00 bits per heavy atom. The number of aliphatic carboxylic acids is 3. The van der Waals surface area contributed by atoms with E-state index in [-0.39, 0.29) is 26.4 Å². The van der Waals surface area contributed by atoms with Crippen LogP contribution in [0.4, 0.5) is 0 Å². The molecule has 0 aromatic carbocycles. The van der Waals surface area contributed by atoms with Gasteiger partial charge < -0.3 is 51.1 Å². The normalized spacial score (nSPS) is 10.0. The number of aliphatic hydroxyl groups is 4. The van der Waals surface area contributed by atoms with Crippen molar-refractivity contribution in [3.8, 4) is 0 Å². The predicted molar refractivity (Wildman–Crippen MR) is 86.7 cm³/mol. The monoisotopic (exact) mass is 388 g/mol. The van der Waals surface area contributed by atoms with E-state index in [1.807, 2.05) is 0 Å². The van der Waals surface area contributed by atoms with Crippen LogP contribution in [-0.4, -0.2) is 119 Å². The van der Waals surface area contributed by atoms with Crippen LogP contribution >= 0.6 is 0 Å². The molecular weight excluding hydrogens is 360 g/mol. The van der Waals surface area contributed by atoms with Gasteiger partial charge in [0.05, 0.1) is 26.4 Å². The summed E-state index contributed by atoms with van der Waals surface area (Å²) in [5.74, 6) is -6.24. The quantitative estimate of drug-likeness (QED) is 0.114. The van der Waals surface area contributed by atoms with Crippen LogP contribution in [0.5, 0.6) is 0 Å². The van der Waals surface area contributed by atoms with Gasteiger partial charge >= 0.3 is 23.5 Å². The SMILES string of the molecule is COC(C(=O)O)(C(=O)O)C(=O)O.OCCNCCO.OCCNCCO. The van der Waals surface area contributed by atoms with Crippen molar-refractivity contribution in [1.29, 1.82) is 0 Å². The predicted octanol–water partition coefficient (Wildman–Crippen LogP) is -4.25. The van der Waals surface area contributed by atoms with Crippen molar-refractivity contribution >= 4 is 17.9 Å². The van der Waals surface area contributed by atoms with Gasteiger partial charge in [0.25, 0.3) is 0 Å². The second kappa shape index (κ2) is 19.5. The van der Waals surface area contributed by atoms with Gasteiger partial charge in [0.2, 0.25) is 0 Å². The first kappa shape index (κ1) is 28.9. The van der Waals surface area contributed by atoms with Gasteiger partial charge in [-0.3, -0.25) is 0 Å². The van der Waals surface area contributed by atoms with Crippen LogP contribution in [0.3, 0.4) is 0 Å². The van der Waals surface area contributed by atoms with Crippen LogP contribution in [-0.2, 0) is 19.1 Å². The van der Waals surface area contributed by atoms with Crippen molar-refractivity contribution in [2.24, 2.45) is 0 Å². The summed E-state index contributed by atoms with van der Waals surface area (Å²) in [5.41, 5.74) is -3.21. The molecule has 0 rings (SSSR count). The fourth-order valence-electron chi connectivity index (χ4n) is 1.10. The van der Waals surface area contributed by atoms with Crippen LogP contribution in [0.1, 0.15) is 0 Å². The molecule has 0 saturated heterocycles. The molecule has 13 heteroatoms. The summed E-state index contributed by atoms with van der Waals surface area (Å²) < 4.78 is 3.92. The van der Waals surface area contributed by atoms with E-state index in [4.69, 9.17) is 35.7 Å². The standard InChI is InChI=1S/C5H6O7.2C4H11NO2/c1-12-5(2(6)7,3(8)9)4(10)11;2*6-3-1-5-2-4-7/h1H3,(H,6,7)(H,8,9)(H,10,11);2*5-7H,1-4H2. The fraction of sp³-hybridized carbons (Fsp3) is 0.769. The number of carboxylic acid groups (broad SMARTS) is 3. The van der Waals surface area contributed by atoms with E-state index >= 15 is 0 Å². The Hall–Kier alpha value is -1.87. The van der Waals surface area contributed by atoms with Crippen LogP contribution in [0.25, 0.3) is 0 Å². The van der Waals surface area contributed by atoms with Crippen molar-refractivity contribution in [1.82, 2.24) is 10.6 Å². The second-order valence-corrected chi connectivity index (χ2v) is 4.20. The Bertz CT molecular complexity index is 325. The highest BCUT2D eigenvalue weighted by molar-refractivity contribution is 6.20. The molecule has 0 fully saturated rings. The molecule has 26 heavy (non-hydrogen) atoms. The Labute approximate surface area is 149 Å². The summed E-state index contributed by atoms with van der Waals surface area (Å²) in [5, 5.41) is 63.0. The molecule has 0 radical (unpaired) electrons. The Morgan fingerprint density at radius 2 is 0.923 bits per heavy atom. The lowest BCUT2D eigenvalue weighted by Crippen LogP contribution is -2.55. The minimum atomic E-state index is -3.21. The molecule has 13 nitrogen and oxygen atoms in total. The summed E-state index contributed by atoms with van der Waals surface area (Å²) in [6, 6.07) is 0. The number of hydrogen-bond donors (Lipinski definition) is 9. The highest BCUT2D eigenvalue weighted by Gasteiger charge is 2.55. The van der Waals surface area contributed by atoms with E-state index in [0.29, 0.717) is 33.3 Å². The smallest absolute Gasteiger partial charge is 0.360 e. The maximum Gasteiger partial charge on any atom is 0.360 e. The maximum absolute atomic E-state index is 10.2. The van der Waals surface area contributed by atoms with Crippen LogP contribution in [0.2, 0.25) is 0 Å². The third kappa shape index (κ3) is 13.4. The lowest BCUT2D eigenvalue weighted by atomic mass is 10.1. The molecule has 0 unspecified atom stereocenters. The van der Waals surface area contributed by atoms with Crippen molar-refractivity contribution in [3.05, 3.63) is 0 Å². The highest BCUT2D eigenvalue weighted by Crippen LogP contribution is 2.10. The molecule has 0 aliphatic carbocycles. The molecule has 0 aliphatic rings. The number of carbonyl (C=O) groups is 3. The van der Waals surface area contributed by atoms with Gasteiger partial charge in [-0.15, -0.1) is 0 Å². The topological polar surface area (TPSA) is 226 Å². The van der Waals surface area contributed by atoms with E-state index in [0.717, 1.165) is 0 Å². The molecule has 0 aromatic rings. The molecule has 9 N–H and O–H groups in total. The van der Waals surface area contributed by atoms with Crippen molar-refractivity contribution in [3.63, 3.8) is 0 Å². The summed E-state index contributed by atoms with van der Waals surface area (Å²) in [4.78, 5) is 30.7. The van der Waals surface area contributed by atoms with Gasteiger partial charge in [0, 0.05) is 33.3 Å². The maximum atomic E-state index is 10.2. The van der Waals surface area contributed by atoms with Crippen molar-refractivity contribution in [2.75, 3.05) is 59.7 Å². The fourth-order valence-corrected chi connectivity index (χ4v) is 1.10. The third-order valence-corrected chi connectivity index (χ3v) is 2.36. The Balaban J connectivity index is -0.000000326. The van der Waals surface area contributed by atoms with E-state index in [9.17, 15) is 14.4 Å². The first-order valence-electron chi connectivity index (χ1n) is 7.32. The summed E-state index contributed by atoms with van der Waals surface area (Å²) in [6.07, 6.45) is 0. The van der Waals surface area contributed by atoms with Crippen molar-refractivity contribution in [2.45, 2.75) is 5.60 Å². The molecule has 0 amide bonds. The third-order valence-electron chi connectivity index (χ3n) is 2.36. The number of ether oxygens (including phenoxy) is 1. The molecule has 0 spiro atoms. The van der Waals surface area contributed by atoms with Crippen LogP contribution < -0.4 is 10.6 Å². The zero-order valence-corrected chi connectivity index (χ0v) is 14.4. The van der Waals surface area contributed by atoms with Gasteiger partial charge in [-0.25, -0.2) is 14.4 Å². The van der Waals surface area contributed by atoms with Gasteiger partial charge in [-0.1, -0.05) is 0 Å². The summed E-state index contributed by atoms with van der Waals surface area (Å²) in [7, 11) is 0.691. The van der Waals surface area contributed by atoms with E-state index in [1.165, 1.54) is 0 Å². The van der Waals surface area contributed by atoms with Gasteiger partial charge in [0.15, 0.2) is 0 Å². The molecule has 156 valence electrons. The van der Waals surface area contributed by atoms with Crippen LogP contribution in [0, 0.1) is 0 Å². The number of nitrogens with one attached hydrogen (secondary N) is 2. The number of aliphatic hydroxyl groups excluding tert-OH is 4. The molecule has 0 bridgehead atoms. The zero-order valence-electron chi connectivity index (χ0n) is 14.4. The minimum Gasteiger partial charge on any atom is -0.478 e. The minimum absolute atomic E-state index is 0.139. The van der Waals surface area contributed by atoms with Crippen molar-refractivity contribution < 1.29 is 54.9 Å². The van der Waals surface area contributed by atoms with Crippen LogP contribution in [0.15, 0.2) is 0 Å². The average molecular weight is 388 g/mol. The van der Waals surface area contributed by atoms with Gasteiger partial charge in [-0.2, -0.15) is 0 Å². The first-order valence-corrected chi connectivity index (χ1v) is 7.32. The highest BCUT2D eigenvalue weighted by atomic mass is 16.6. The van der Waals surface area contributed by atoms with Gasteiger partial charge in [-0.05, 0) is 0 Å². The first-order chi connectivity index (χ1) is 12.2. The Morgan fingerprint density at radius 1 is 0.692 bits per heavy atom. The molecular formula is C13H28N2O11. The largest absolute Gasteiger partial charge is 0.478 e. The summed E-state index contributed by atoms with van der Waals surface area (Å²) >= 11 is 0. The van der Waals surface area contributed by atoms with E-state index < -0.39 is 23.5 Å². The molecule has 0 heterocycles. The number of methoxy groups -OCH3 is 1. The molecule has 0 aliphatic heterocycles. The Kier molecular flexibility index (Phi) is 21.6. The van der Waals surface area contributed by atoms with Gasteiger partial charge in [0.1, 0.15) is 0 Å². The molecule has 0 saturated carbocycles. The van der Waals surface area contributed by atoms with E-state index in [2.05, 4.69) is 15.4 Å².